The predicted molar refractivity (Wildman–Crippen MR) is 108 cm³/mol. The second kappa shape index (κ2) is 8.34. The van der Waals surface area contributed by atoms with Gasteiger partial charge in [-0.1, -0.05) is 11.6 Å². The third-order valence-corrected chi connectivity index (χ3v) is 6.15. The molecule has 0 saturated carbocycles. The molecule has 1 aromatic carbocycles. The zero-order valence-corrected chi connectivity index (χ0v) is 17.4. The van der Waals surface area contributed by atoms with Crippen molar-refractivity contribution < 1.29 is 13.2 Å². The highest BCUT2D eigenvalue weighted by Gasteiger charge is 2.29. The lowest BCUT2D eigenvalue weighted by molar-refractivity contribution is 0.0452. The van der Waals surface area contributed by atoms with Gasteiger partial charge in [-0.3, -0.25) is 14.4 Å². The molecule has 0 aliphatic carbocycles. The number of anilines is 1. The van der Waals surface area contributed by atoms with Crippen LogP contribution in [0.3, 0.4) is 0 Å². The first-order valence-electron chi connectivity index (χ1n) is 9.22. The second-order valence-electron chi connectivity index (χ2n) is 7.46. The van der Waals surface area contributed by atoms with E-state index >= 15 is 0 Å². The average Bonchev–Trinajstić information content (AvgIpc) is 2.62. The maximum Gasteiger partial charge on any atom is 0.254 e. The van der Waals surface area contributed by atoms with Crippen molar-refractivity contribution in [2.75, 3.05) is 57.3 Å². The first kappa shape index (κ1) is 20.4. The van der Waals surface area contributed by atoms with Crippen LogP contribution in [0.4, 0.5) is 5.69 Å². The maximum absolute atomic E-state index is 12.8. The summed E-state index contributed by atoms with van der Waals surface area (Å²) in [5.41, 5.74) is 0.672. The molecule has 1 aromatic rings. The van der Waals surface area contributed by atoms with Crippen molar-refractivity contribution >= 4 is 33.2 Å². The third-order valence-electron chi connectivity index (χ3n) is 5.23. The van der Waals surface area contributed by atoms with Gasteiger partial charge in [-0.25, -0.2) is 8.42 Å². The van der Waals surface area contributed by atoms with Gasteiger partial charge < -0.3 is 9.80 Å². The third kappa shape index (κ3) is 5.34. The molecule has 1 unspecified atom stereocenters. The summed E-state index contributed by atoms with van der Waals surface area (Å²) >= 11 is 6.05. The number of carbonyl (C=O) groups excluding carboxylic acids is 1. The summed E-state index contributed by atoms with van der Waals surface area (Å²) in [6, 6.07) is 5.27. The summed E-state index contributed by atoms with van der Waals surface area (Å²) in [4.78, 5) is 19.5. The summed E-state index contributed by atoms with van der Waals surface area (Å²) in [6.07, 6.45) is 3.50. The number of piperazine rings is 1. The number of hydrogen-bond acceptors (Lipinski definition) is 5. The molecule has 0 spiro atoms. The van der Waals surface area contributed by atoms with E-state index in [1.165, 1.54) is 18.9 Å². The van der Waals surface area contributed by atoms with E-state index in [0.717, 1.165) is 32.4 Å². The molecular weight excluding hydrogens is 388 g/mol. The van der Waals surface area contributed by atoms with Gasteiger partial charge in [-0.15, -0.1) is 0 Å². The number of nitrogens with one attached hydrogen (secondary N) is 1. The van der Waals surface area contributed by atoms with E-state index in [0.29, 0.717) is 24.7 Å². The molecule has 0 bridgehead atoms. The number of likely N-dealkylation sites (tertiary alicyclic amines) is 1. The summed E-state index contributed by atoms with van der Waals surface area (Å²) in [6.45, 7) is 5.34. The Morgan fingerprint density at radius 3 is 2.52 bits per heavy atom. The molecule has 9 heteroatoms. The smallest absolute Gasteiger partial charge is 0.254 e. The monoisotopic (exact) mass is 414 g/mol. The number of sulfonamides is 1. The zero-order chi connectivity index (χ0) is 19.6. The topological polar surface area (TPSA) is 73.0 Å². The highest BCUT2D eigenvalue weighted by molar-refractivity contribution is 7.92. The Hall–Kier alpha value is -1.35. The van der Waals surface area contributed by atoms with E-state index in [9.17, 15) is 13.2 Å². The lowest BCUT2D eigenvalue weighted by Gasteiger charge is -2.42. The highest BCUT2D eigenvalue weighted by atomic mass is 35.5. The van der Waals surface area contributed by atoms with E-state index in [1.807, 2.05) is 4.90 Å². The standard InChI is InChI=1S/C18H27ClN4O3S/c1-21-7-3-4-15(13-21)22-8-10-23(11-9-22)18(24)14-5-6-16(19)17(12-14)20-27(2,25)26/h5-6,12,15,20H,3-4,7-11,13H2,1-2H3. The minimum absolute atomic E-state index is 0.0939. The number of hydrogen-bond donors (Lipinski definition) is 1. The molecule has 2 fully saturated rings. The number of amides is 1. The molecule has 0 aromatic heterocycles. The van der Waals surface area contributed by atoms with Gasteiger partial charge in [0.2, 0.25) is 10.0 Å². The SMILES string of the molecule is CN1CCCC(N2CCN(C(=O)c3ccc(Cl)c(NS(C)(=O)=O)c3)CC2)C1. The van der Waals surface area contributed by atoms with Gasteiger partial charge in [-0.2, -0.15) is 0 Å². The highest BCUT2D eigenvalue weighted by Crippen LogP contribution is 2.25. The molecule has 2 aliphatic heterocycles. The van der Waals surface area contributed by atoms with Gasteiger partial charge >= 0.3 is 0 Å². The lowest BCUT2D eigenvalue weighted by Crippen LogP contribution is -2.55. The molecule has 1 amide bonds. The fraction of sp³-hybridized carbons (Fsp3) is 0.611. The number of piperidine rings is 1. The van der Waals surface area contributed by atoms with E-state index < -0.39 is 10.0 Å². The second-order valence-corrected chi connectivity index (χ2v) is 9.61. The first-order chi connectivity index (χ1) is 12.7. The van der Waals surface area contributed by atoms with E-state index in [2.05, 4.69) is 21.6 Å². The molecule has 2 saturated heterocycles. The Balaban J connectivity index is 1.63. The van der Waals surface area contributed by atoms with E-state index in [-0.39, 0.29) is 16.6 Å². The molecule has 27 heavy (non-hydrogen) atoms. The quantitative estimate of drug-likeness (QED) is 0.809. The molecule has 7 nitrogen and oxygen atoms in total. The van der Waals surface area contributed by atoms with Crippen LogP contribution in [0.5, 0.6) is 0 Å². The predicted octanol–water partition coefficient (Wildman–Crippen LogP) is 1.56. The normalized spacial score (nSPS) is 22.6. The van der Waals surface area contributed by atoms with Crippen molar-refractivity contribution in [1.29, 1.82) is 0 Å². The van der Waals surface area contributed by atoms with Gasteiger partial charge in [0.05, 0.1) is 17.0 Å². The fourth-order valence-electron chi connectivity index (χ4n) is 3.85. The van der Waals surface area contributed by atoms with Gasteiger partial charge in [0.25, 0.3) is 5.91 Å². The van der Waals surface area contributed by atoms with E-state index in [4.69, 9.17) is 11.6 Å². The summed E-state index contributed by atoms with van der Waals surface area (Å²) < 4.78 is 25.3. The molecule has 1 N–H and O–H groups in total. The number of likely N-dealkylation sites (N-methyl/N-ethyl adjacent to an activating group) is 1. The fourth-order valence-corrected chi connectivity index (χ4v) is 4.64. The van der Waals surface area contributed by atoms with Crippen LogP contribution < -0.4 is 4.72 Å². The van der Waals surface area contributed by atoms with E-state index in [1.54, 1.807) is 12.1 Å². The van der Waals surface area contributed by atoms with Crippen LogP contribution in [-0.4, -0.2) is 87.6 Å². The van der Waals surface area contributed by atoms with Crippen molar-refractivity contribution in [3.8, 4) is 0 Å². The van der Waals surface area contributed by atoms with Crippen molar-refractivity contribution in [2.45, 2.75) is 18.9 Å². The Labute approximate surface area is 166 Å². The van der Waals surface area contributed by atoms with Gasteiger partial charge in [0.15, 0.2) is 0 Å². The Bertz CT molecular complexity index is 794. The van der Waals surface area contributed by atoms with Crippen LogP contribution >= 0.6 is 11.6 Å². The molecule has 1 atom stereocenters. The Kier molecular flexibility index (Phi) is 6.30. The van der Waals surface area contributed by atoms with Crippen molar-refractivity contribution in [3.05, 3.63) is 28.8 Å². The number of benzene rings is 1. The molecule has 3 rings (SSSR count). The lowest BCUT2D eigenvalue weighted by atomic mass is 10.0. The van der Waals surface area contributed by atoms with Crippen LogP contribution in [0, 0.1) is 0 Å². The van der Waals surface area contributed by atoms with Gasteiger partial charge in [-0.05, 0) is 44.6 Å². The van der Waals surface area contributed by atoms with Crippen LogP contribution in [0.25, 0.3) is 0 Å². The molecule has 150 valence electrons. The molecule has 2 aliphatic rings. The number of rotatable bonds is 4. The van der Waals surface area contributed by atoms with Gasteiger partial charge in [0.1, 0.15) is 0 Å². The molecule has 2 heterocycles. The maximum atomic E-state index is 12.8. The number of carbonyl (C=O) groups is 1. The molecular formula is C18H27ClN4O3S. The number of halogens is 1. The van der Waals surface area contributed by atoms with Crippen LogP contribution in [0.1, 0.15) is 23.2 Å². The Morgan fingerprint density at radius 1 is 1.19 bits per heavy atom. The zero-order valence-electron chi connectivity index (χ0n) is 15.8. The van der Waals surface area contributed by atoms with Crippen molar-refractivity contribution in [1.82, 2.24) is 14.7 Å². The number of nitrogens with zero attached hydrogens (tertiary/aromatic N) is 3. The van der Waals surface area contributed by atoms with Crippen molar-refractivity contribution in [3.63, 3.8) is 0 Å². The summed E-state index contributed by atoms with van der Waals surface area (Å²) in [5, 5.41) is 0.267. The minimum Gasteiger partial charge on any atom is -0.336 e. The van der Waals surface area contributed by atoms with Crippen LogP contribution in [-0.2, 0) is 10.0 Å². The van der Waals surface area contributed by atoms with Crippen LogP contribution in [0.2, 0.25) is 5.02 Å². The molecule has 0 radical (unpaired) electrons. The average molecular weight is 415 g/mol. The van der Waals surface area contributed by atoms with Gasteiger partial charge in [0, 0.05) is 44.3 Å². The minimum atomic E-state index is -3.46. The Morgan fingerprint density at radius 2 is 1.89 bits per heavy atom. The first-order valence-corrected chi connectivity index (χ1v) is 11.5. The van der Waals surface area contributed by atoms with Crippen molar-refractivity contribution in [2.24, 2.45) is 0 Å². The van der Waals surface area contributed by atoms with Crippen LogP contribution in [0.15, 0.2) is 18.2 Å². The summed E-state index contributed by atoms with van der Waals surface area (Å²) in [5.74, 6) is -0.0939. The summed E-state index contributed by atoms with van der Waals surface area (Å²) in [7, 11) is -1.30. The largest absolute Gasteiger partial charge is 0.336 e.